The van der Waals surface area contributed by atoms with E-state index in [1.807, 2.05) is 0 Å². The molecule has 3 heteroatoms. The molecule has 2 aliphatic carbocycles. The zero-order valence-corrected chi connectivity index (χ0v) is 17.2. The maximum absolute atomic E-state index is 11.4. The van der Waals surface area contributed by atoms with Crippen LogP contribution in [0.5, 0.6) is 0 Å². The number of carbonyl (C=O) groups is 1. The van der Waals surface area contributed by atoms with Gasteiger partial charge in [0.1, 0.15) is 6.29 Å². The fourth-order valence-corrected chi connectivity index (χ4v) is 5.85. The van der Waals surface area contributed by atoms with Crippen LogP contribution < -0.4 is 0 Å². The SMILES string of the molecule is C[C@H](C=O)C1=CCC[C@H]2[C@@H](O[Si](C)(C)C(C)(C)C)CCC[C@]12C. The Balaban J connectivity index is 2.27. The molecule has 4 atom stereocenters. The monoisotopic (exact) mass is 336 g/mol. The van der Waals surface area contributed by atoms with Gasteiger partial charge in [-0.2, -0.15) is 0 Å². The van der Waals surface area contributed by atoms with Crippen LogP contribution >= 0.6 is 0 Å². The second-order valence-electron chi connectivity index (χ2n) is 9.49. The fourth-order valence-electron chi connectivity index (χ4n) is 4.46. The Labute approximate surface area is 144 Å². The summed E-state index contributed by atoms with van der Waals surface area (Å²) in [6.45, 7) is 16.2. The summed E-state index contributed by atoms with van der Waals surface area (Å²) in [7, 11) is -1.75. The highest BCUT2D eigenvalue weighted by molar-refractivity contribution is 6.74. The molecule has 2 aliphatic rings. The third-order valence-corrected chi connectivity index (χ3v) is 11.4. The number of hydrogen-bond donors (Lipinski definition) is 0. The van der Waals surface area contributed by atoms with Crippen molar-refractivity contribution < 1.29 is 9.22 Å². The molecule has 0 saturated heterocycles. The van der Waals surface area contributed by atoms with Crippen molar-refractivity contribution in [3.63, 3.8) is 0 Å². The second kappa shape index (κ2) is 6.48. The van der Waals surface area contributed by atoms with Gasteiger partial charge < -0.3 is 9.22 Å². The molecule has 0 radical (unpaired) electrons. The van der Waals surface area contributed by atoms with Crippen LogP contribution in [0, 0.1) is 17.3 Å². The highest BCUT2D eigenvalue weighted by Gasteiger charge is 2.50. The molecule has 0 heterocycles. The highest BCUT2D eigenvalue weighted by Crippen LogP contribution is 2.54. The number of aldehydes is 1. The van der Waals surface area contributed by atoms with Gasteiger partial charge in [0.2, 0.25) is 0 Å². The molecule has 2 rings (SSSR count). The summed E-state index contributed by atoms with van der Waals surface area (Å²) in [6, 6.07) is 0. The Morgan fingerprint density at radius 3 is 2.57 bits per heavy atom. The number of fused-ring (bicyclic) bond motifs is 1. The molecule has 0 bridgehead atoms. The van der Waals surface area contributed by atoms with Gasteiger partial charge in [0.15, 0.2) is 8.32 Å². The largest absolute Gasteiger partial charge is 0.414 e. The predicted octanol–water partition coefficient (Wildman–Crippen LogP) is 5.74. The van der Waals surface area contributed by atoms with Crippen LogP contribution in [0.4, 0.5) is 0 Å². The average molecular weight is 337 g/mol. The Morgan fingerprint density at radius 1 is 1.35 bits per heavy atom. The lowest BCUT2D eigenvalue weighted by Gasteiger charge is -2.53. The van der Waals surface area contributed by atoms with Gasteiger partial charge in [-0.1, -0.05) is 52.7 Å². The molecule has 0 aromatic heterocycles. The van der Waals surface area contributed by atoms with Crippen LogP contribution in [0.15, 0.2) is 11.6 Å². The molecule has 0 N–H and O–H groups in total. The summed E-state index contributed by atoms with van der Waals surface area (Å²) in [5.74, 6) is 0.627. The van der Waals surface area contributed by atoms with Gasteiger partial charge in [0, 0.05) is 12.0 Å². The van der Waals surface area contributed by atoms with Gasteiger partial charge in [-0.25, -0.2) is 0 Å². The number of carbonyl (C=O) groups excluding carboxylic acids is 1. The van der Waals surface area contributed by atoms with Crippen LogP contribution in [0.1, 0.15) is 66.7 Å². The lowest BCUT2D eigenvalue weighted by atomic mass is 9.56. The van der Waals surface area contributed by atoms with Gasteiger partial charge in [0.25, 0.3) is 0 Å². The average Bonchev–Trinajstić information content (AvgIpc) is 2.44. The molecule has 0 amide bonds. The standard InChI is InChI=1S/C20H36O2Si/c1-15(14-21)16-10-8-11-17-18(12-9-13-20(16,17)5)22-23(6,7)19(2,3)4/h10,14-15,17-18H,8-9,11-13H2,1-7H3/t15-,17+,18+,20-/m1/s1. The summed E-state index contributed by atoms with van der Waals surface area (Å²) in [4.78, 5) is 11.4. The summed E-state index contributed by atoms with van der Waals surface area (Å²) >= 11 is 0. The van der Waals surface area contributed by atoms with Gasteiger partial charge in [-0.05, 0) is 55.1 Å². The van der Waals surface area contributed by atoms with E-state index >= 15 is 0 Å². The summed E-state index contributed by atoms with van der Waals surface area (Å²) in [5.41, 5.74) is 1.54. The van der Waals surface area contributed by atoms with Crippen molar-refractivity contribution in [2.75, 3.05) is 0 Å². The number of hydrogen-bond acceptors (Lipinski definition) is 2. The first-order valence-electron chi connectivity index (χ1n) is 9.36. The summed E-state index contributed by atoms with van der Waals surface area (Å²) < 4.78 is 6.86. The summed E-state index contributed by atoms with van der Waals surface area (Å²) in [5, 5.41) is 0.254. The van der Waals surface area contributed by atoms with Crippen molar-refractivity contribution in [2.24, 2.45) is 17.3 Å². The van der Waals surface area contributed by atoms with Crippen molar-refractivity contribution in [1.82, 2.24) is 0 Å². The molecular weight excluding hydrogens is 300 g/mol. The van der Waals surface area contributed by atoms with E-state index in [-0.39, 0.29) is 16.4 Å². The minimum atomic E-state index is -1.75. The maximum atomic E-state index is 11.4. The van der Waals surface area contributed by atoms with Crippen molar-refractivity contribution in [3.8, 4) is 0 Å². The smallest absolute Gasteiger partial charge is 0.192 e. The van der Waals surface area contributed by atoms with E-state index in [1.165, 1.54) is 31.3 Å². The minimum absolute atomic E-state index is 0.0504. The van der Waals surface area contributed by atoms with E-state index in [1.54, 1.807) is 0 Å². The van der Waals surface area contributed by atoms with Crippen molar-refractivity contribution >= 4 is 14.6 Å². The molecule has 1 fully saturated rings. The topological polar surface area (TPSA) is 26.3 Å². The van der Waals surface area contributed by atoms with Gasteiger partial charge >= 0.3 is 0 Å². The van der Waals surface area contributed by atoms with Crippen LogP contribution in [0.2, 0.25) is 18.1 Å². The van der Waals surface area contributed by atoms with Crippen LogP contribution in [0.25, 0.3) is 0 Å². The molecule has 0 aliphatic heterocycles. The normalized spacial score (nSPS) is 33.6. The highest BCUT2D eigenvalue weighted by atomic mass is 28.4. The molecular formula is C20H36O2Si. The Hall–Kier alpha value is -0.413. The Morgan fingerprint density at radius 2 is 2.00 bits per heavy atom. The predicted molar refractivity (Wildman–Crippen MR) is 100 cm³/mol. The lowest BCUT2D eigenvalue weighted by molar-refractivity contribution is -0.110. The lowest BCUT2D eigenvalue weighted by Crippen LogP contribution is -2.51. The Kier molecular flexibility index (Phi) is 5.33. The third kappa shape index (κ3) is 3.51. The molecule has 0 spiro atoms. The molecule has 2 nitrogen and oxygen atoms in total. The first-order valence-corrected chi connectivity index (χ1v) is 12.3. The molecule has 23 heavy (non-hydrogen) atoms. The number of allylic oxidation sites excluding steroid dienone is 2. The Bertz CT molecular complexity index is 475. The third-order valence-electron chi connectivity index (χ3n) is 6.90. The van der Waals surface area contributed by atoms with Gasteiger partial charge in [0.05, 0.1) is 0 Å². The van der Waals surface area contributed by atoms with Gasteiger partial charge in [-0.3, -0.25) is 0 Å². The van der Waals surface area contributed by atoms with Crippen LogP contribution in [-0.4, -0.2) is 20.7 Å². The molecule has 132 valence electrons. The van der Waals surface area contributed by atoms with E-state index < -0.39 is 8.32 Å². The van der Waals surface area contributed by atoms with E-state index in [0.717, 1.165) is 12.7 Å². The first-order chi connectivity index (χ1) is 10.5. The fraction of sp³-hybridized carbons (Fsp3) is 0.850. The van der Waals surface area contributed by atoms with Crippen molar-refractivity contribution in [2.45, 2.75) is 91.0 Å². The van der Waals surface area contributed by atoms with Crippen LogP contribution in [0.3, 0.4) is 0 Å². The number of rotatable bonds is 4. The molecule has 0 aromatic carbocycles. The van der Waals surface area contributed by atoms with Crippen molar-refractivity contribution in [1.29, 1.82) is 0 Å². The van der Waals surface area contributed by atoms with E-state index in [9.17, 15) is 4.79 Å². The first kappa shape index (κ1) is 18.9. The van der Waals surface area contributed by atoms with Gasteiger partial charge in [-0.15, -0.1) is 0 Å². The minimum Gasteiger partial charge on any atom is -0.414 e. The van der Waals surface area contributed by atoms with Crippen molar-refractivity contribution in [3.05, 3.63) is 11.6 Å². The zero-order valence-electron chi connectivity index (χ0n) is 16.2. The molecule has 0 unspecified atom stereocenters. The zero-order chi connectivity index (χ0) is 17.5. The quantitative estimate of drug-likeness (QED) is 0.372. The van der Waals surface area contributed by atoms with E-state index in [2.05, 4.69) is 53.8 Å². The van der Waals surface area contributed by atoms with E-state index in [0.29, 0.717) is 12.0 Å². The molecule has 0 aromatic rings. The molecule has 1 saturated carbocycles. The second-order valence-corrected chi connectivity index (χ2v) is 14.3. The van der Waals surface area contributed by atoms with Crippen LogP contribution in [-0.2, 0) is 9.22 Å². The summed E-state index contributed by atoms with van der Waals surface area (Å²) in [6.07, 6.45) is 9.78. The maximum Gasteiger partial charge on any atom is 0.192 e. The van der Waals surface area contributed by atoms with E-state index in [4.69, 9.17) is 4.43 Å².